The van der Waals surface area contributed by atoms with Gasteiger partial charge in [-0.05, 0) is 30.7 Å². The van der Waals surface area contributed by atoms with Crippen LogP contribution in [0.4, 0.5) is 0 Å². The van der Waals surface area contributed by atoms with E-state index in [4.69, 9.17) is 0 Å². The zero-order valence-electron chi connectivity index (χ0n) is 15.2. The minimum absolute atomic E-state index is 0.0363. The van der Waals surface area contributed by atoms with Crippen LogP contribution >= 0.6 is 11.8 Å². The van der Waals surface area contributed by atoms with Gasteiger partial charge in [-0.25, -0.2) is 0 Å². The van der Waals surface area contributed by atoms with Gasteiger partial charge < -0.3 is 4.90 Å². The molecule has 1 aromatic rings. The highest BCUT2D eigenvalue weighted by molar-refractivity contribution is 7.99. The van der Waals surface area contributed by atoms with Crippen molar-refractivity contribution < 1.29 is 9.59 Å². The molecule has 136 valence electrons. The number of piperidine rings is 1. The summed E-state index contributed by atoms with van der Waals surface area (Å²) in [5.74, 6) is 2.83. The molecule has 2 heterocycles. The topological polar surface area (TPSA) is 49.4 Å². The van der Waals surface area contributed by atoms with Gasteiger partial charge in [0.05, 0.1) is 6.04 Å². The first-order chi connectivity index (χ1) is 12.0. The Morgan fingerprint density at radius 3 is 2.44 bits per heavy atom. The summed E-state index contributed by atoms with van der Waals surface area (Å²) >= 11 is 1.77. The number of nitrogens with one attached hydrogen (secondary N) is 1. The predicted molar refractivity (Wildman–Crippen MR) is 103 cm³/mol. The highest BCUT2D eigenvalue weighted by atomic mass is 32.2. The van der Waals surface area contributed by atoms with Crippen molar-refractivity contribution in [2.45, 2.75) is 39.2 Å². The lowest BCUT2D eigenvalue weighted by atomic mass is 9.88. The summed E-state index contributed by atoms with van der Waals surface area (Å²) in [6, 6.07) is 8.06. The molecule has 0 radical (unpaired) electrons. The highest BCUT2D eigenvalue weighted by Crippen LogP contribution is 2.24. The van der Waals surface area contributed by atoms with Gasteiger partial charge in [-0.2, -0.15) is 0 Å². The van der Waals surface area contributed by atoms with Crippen LogP contribution in [0.15, 0.2) is 24.3 Å². The van der Waals surface area contributed by atoms with Gasteiger partial charge in [0.15, 0.2) is 5.78 Å². The van der Waals surface area contributed by atoms with Crippen LogP contribution in [0.2, 0.25) is 0 Å². The fourth-order valence-corrected chi connectivity index (χ4v) is 4.58. The van der Waals surface area contributed by atoms with E-state index in [1.165, 1.54) is 5.56 Å². The third-order valence-corrected chi connectivity index (χ3v) is 6.01. The van der Waals surface area contributed by atoms with E-state index in [-0.39, 0.29) is 23.7 Å². The van der Waals surface area contributed by atoms with Gasteiger partial charge >= 0.3 is 0 Å². The third-order valence-electron chi connectivity index (χ3n) is 5.07. The lowest BCUT2D eigenvalue weighted by Gasteiger charge is -2.33. The Balaban J connectivity index is 1.53. The number of ketones is 1. The monoisotopic (exact) mass is 360 g/mol. The highest BCUT2D eigenvalue weighted by Gasteiger charge is 2.32. The van der Waals surface area contributed by atoms with Crippen molar-refractivity contribution in [2.24, 2.45) is 11.8 Å². The molecule has 0 spiro atoms. The summed E-state index contributed by atoms with van der Waals surface area (Å²) in [7, 11) is 0. The number of carbonyl (C=O) groups excluding carboxylic acids is 2. The number of thioether (sulfide) groups is 1. The standard InChI is InChI=1S/C20H28N2O2S/c1-14(2)11-15-3-5-16(6-4-15)19(23)17-7-9-22(10-8-17)20(24)18-12-25-13-21-18/h3-6,14,17-18,21H,7-13H2,1-2H3. The van der Waals surface area contributed by atoms with E-state index in [1.807, 2.05) is 17.0 Å². The minimum atomic E-state index is -0.0363. The lowest BCUT2D eigenvalue weighted by molar-refractivity contribution is -0.133. The average Bonchev–Trinajstić information content (AvgIpc) is 3.15. The first kappa shape index (κ1) is 18.5. The number of amides is 1. The quantitative estimate of drug-likeness (QED) is 0.820. The van der Waals surface area contributed by atoms with Crippen LogP contribution in [0, 0.1) is 11.8 Å². The van der Waals surface area contributed by atoms with E-state index in [1.54, 1.807) is 11.8 Å². The maximum Gasteiger partial charge on any atom is 0.240 e. The molecular weight excluding hydrogens is 332 g/mol. The van der Waals surface area contributed by atoms with Crippen LogP contribution < -0.4 is 5.32 Å². The molecule has 2 aliphatic heterocycles. The van der Waals surface area contributed by atoms with E-state index in [2.05, 4.69) is 31.3 Å². The Bertz CT molecular complexity index is 601. The second kappa shape index (κ2) is 8.37. The molecule has 1 N–H and O–H groups in total. The van der Waals surface area contributed by atoms with Crippen LogP contribution in [-0.2, 0) is 11.2 Å². The number of hydrogen-bond acceptors (Lipinski definition) is 4. The smallest absolute Gasteiger partial charge is 0.240 e. The first-order valence-electron chi connectivity index (χ1n) is 9.27. The summed E-state index contributed by atoms with van der Waals surface area (Å²) in [5, 5.41) is 3.24. The first-order valence-corrected chi connectivity index (χ1v) is 10.4. The Kier molecular flexibility index (Phi) is 6.18. The van der Waals surface area contributed by atoms with E-state index in [9.17, 15) is 9.59 Å². The summed E-state index contributed by atoms with van der Waals surface area (Å²) < 4.78 is 0. The van der Waals surface area contributed by atoms with Crippen LogP contribution in [0.1, 0.15) is 42.6 Å². The summed E-state index contributed by atoms with van der Waals surface area (Å²) in [4.78, 5) is 27.1. The van der Waals surface area contributed by atoms with Gasteiger partial charge in [0.2, 0.25) is 5.91 Å². The molecule has 2 fully saturated rings. The Morgan fingerprint density at radius 1 is 1.20 bits per heavy atom. The number of nitrogens with zero attached hydrogens (tertiary/aromatic N) is 1. The number of carbonyl (C=O) groups is 2. The SMILES string of the molecule is CC(C)Cc1ccc(C(=O)C2CCN(C(=O)C3CSCN3)CC2)cc1. The molecule has 2 saturated heterocycles. The molecule has 0 aromatic heterocycles. The zero-order chi connectivity index (χ0) is 17.8. The van der Waals surface area contributed by atoms with Crippen molar-refractivity contribution in [1.82, 2.24) is 10.2 Å². The van der Waals surface area contributed by atoms with Crippen molar-refractivity contribution in [1.29, 1.82) is 0 Å². The van der Waals surface area contributed by atoms with Crippen LogP contribution in [0.25, 0.3) is 0 Å². The molecule has 25 heavy (non-hydrogen) atoms. The van der Waals surface area contributed by atoms with Gasteiger partial charge in [-0.3, -0.25) is 14.9 Å². The van der Waals surface area contributed by atoms with Gasteiger partial charge in [0, 0.05) is 36.2 Å². The molecule has 1 atom stereocenters. The number of benzene rings is 1. The van der Waals surface area contributed by atoms with Crippen LogP contribution in [-0.4, -0.2) is 47.4 Å². The molecule has 1 aromatic carbocycles. The molecule has 1 unspecified atom stereocenters. The summed E-state index contributed by atoms with van der Waals surface area (Å²) in [6.07, 6.45) is 2.60. The van der Waals surface area contributed by atoms with Crippen LogP contribution in [0.5, 0.6) is 0 Å². The molecule has 0 bridgehead atoms. The second-order valence-corrected chi connectivity index (χ2v) is 8.56. The third kappa shape index (κ3) is 4.64. The molecule has 0 saturated carbocycles. The molecule has 0 aliphatic carbocycles. The van der Waals surface area contributed by atoms with Gasteiger partial charge in [-0.15, -0.1) is 11.8 Å². The molecule has 2 aliphatic rings. The van der Waals surface area contributed by atoms with Crippen molar-refractivity contribution in [3.05, 3.63) is 35.4 Å². The fourth-order valence-electron chi connectivity index (χ4n) is 3.65. The number of rotatable bonds is 5. The molecule has 1 amide bonds. The van der Waals surface area contributed by atoms with E-state index in [0.717, 1.165) is 36.5 Å². The summed E-state index contributed by atoms with van der Waals surface area (Å²) in [6.45, 7) is 5.80. The van der Waals surface area contributed by atoms with E-state index in [0.29, 0.717) is 19.0 Å². The molecule has 5 heteroatoms. The predicted octanol–water partition coefficient (Wildman–Crippen LogP) is 2.97. The summed E-state index contributed by atoms with van der Waals surface area (Å²) in [5.41, 5.74) is 2.10. The maximum absolute atomic E-state index is 12.7. The van der Waals surface area contributed by atoms with Crippen molar-refractivity contribution in [2.75, 3.05) is 24.7 Å². The van der Waals surface area contributed by atoms with Gasteiger partial charge in [0.1, 0.15) is 0 Å². The van der Waals surface area contributed by atoms with E-state index < -0.39 is 0 Å². The van der Waals surface area contributed by atoms with Gasteiger partial charge in [-0.1, -0.05) is 38.1 Å². The lowest BCUT2D eigenvalue weighted by Crippen LogP contribution is -2.48. The second-order valence-electron chi connectivity index (χ2n) is 7.53. The molecule has 4 nitrogen and oxygen atoms in total. The minimum Gasteiger partial charge on any atom is -0.341 e. The Hall–Kier alpha value is -1.33. The number of likely N-dealkylation sites (tertiary alicyclic amines) is 1. The number of Topliss-reactive ketones (excluding diaryl/α,β-unsaturated/α-hetero) is 1. The normalized spacial score (nSPS) is 21.7. The molecule has 3 rings (SSSR count). The maximum atomic E-state index is 12.7. The van der Waals surface area contributed by atoms with Gasteiger partial charge in [0.25, 0.3) is 0 Å². The molecular formula is C20H28N2O2S. The van der Waals surface area contributed by atoms with Crippen molar-refractivity contribution in [3.8, 4) is 0 Å². The average molecular weight is 361 g/mol. The largest absolute Gasteiger partial charge is 0.341 e. The van der Waals surface area contributed by atoms with Crippen LogP contribution in [0.3, 0.4) is 0 Å². The zero-order valence-corrected chi connectivity index (χ0v) is 16.0. The Morgan fingerprint density at radius 2 is 1.88 bits per heavy atom. The van der Waals surface area contributed by atoms with Crippen molar-refractivity contribution >= 4 is 23.5 Å². The fraction of sp³-hybridized carbons (Fsp3) is 0.600. The number of hydrogen-bond donors (Lipinski definition) is 1. The Labute approximate surface area is 154 Å². The van der Waals surface area contributed by atoms with E-state index >= 15 is 0 Å². The van der Waals surface area contributed by atoms with Crippen molar-refractivity contribution in [3.63, 3.8) is 0 Å².